The molecule has 12 heavy (non-hydrogen) atoms. The third-order valence-electron chi connectivity index (χ3n) is 1.56. The second-order valence-electron chi connectivity index (χ2n) is 2.75. The Morgan fingerprint density at radius 1 is 1.08 bits per heavy atom. The number of hydrogen-bond donors (Lipinski definition) is 2. The predicted octanol–water partition coefficient (Wildman–Crippen LogP) is 2.67. The molecule has 2 heteroatoms. The summed E-state index contributed by atoms with van der Waals surface area (Å²) in [5, 5.41) is 0. The van der Waals surface area contributed by atoms with Crippen LogP contribution in [0.4, 0.5) is 0 Å². The molecule has 0 heterocycles. The van der Waals surface area contributed by atoms with Crippen LogP contribution in [-0.2, 0) is 0 Å². The van der Waals surface area contributed by atoms with E-state index in [1.807, 2.05) is 12.1 Å². The van der Waals surface area contributed by atoms with Gasteiger partial charge >= 0.3 is 0 Å². The van der Waals surface area contributed by atoms with Crippen molar-refractivity contribution in [2.45, 2.75) is 24.7 Å². The molecule has 1 rings (SSSR count). The Morgan fingerprint density at radius 2 is 1.50 bits per heavy atom. The number of thiol groups is 1. The van der Waals surface area contributed by atoms with E-state index in [2.05, 4.69) is 44.3 Å². The Labute approximate surface area is 80.4 Å². The summed E-state index contributed by atoms with van der Waals surface area (Å²) >= 11 is 4.20. The van der Waals surface area contributed by atoms with Crippen LogP contribution >= 0.6 is 12.6 Å². The highest BCUT2D eigenvalue weighted by atomic mass is 32.1. The smallest absolute Gasteiger partial charge is 0.00401 e. The van der Waals surface area contributed by atoms with E-state index < -0.39 is 0 Å². The number of rotatable bonds is 1. The zero-order chi connectivity index (χ0) is 9.56. The van der Waals surface area contributed by atoms with E-state index in [0.717, 1.165) is 4.90 Å². The summed E-state index contributed by atoms with van der Waals surface area (Å²) in [7, 11) is 1.50. The average molecular weight is 183 g/mol. The molecule has 0 saturated carbocycles. The first kappa shape index (κ1) is 11.5. The van der Waals surface area contributed by atoms with E-state index in [-0.39, 0.29) is 0 Å². The van der Waals surface area contributed by atoms with Gasteiger partial charge < -0.3 is 5.73 Å². The summed E-state index contributed by atoms with van der Waals surface area (Å²) in [5.74, 6) is 0.619. The lowest BCUT2D eigenvalue weighted by Crippen LogP contribution is -1.84. The van der Waals surface area contributed by atoms with Crippen molar-refractivity contribution in [3.63, 3.8) is 0 Å². The third kappa shape index (κ3) is 3.79. The summed E-state index contributed by atoms with van der Waals surface area (Å²) in [5.41, 5.74) is 5.87. The first-order valence-corrected chi connectivity index (χ1v) is 4.51. The molecule has 1 aromatic carbocycles. The maximum atomic E-state index is 4.50. The summed E-state index contributed by atoms with van der Waals surface area (Å²) in [6.45, 7) is 4.38. The largest absolute Gasteiger partial charge is 0.333 e. The van der Waals surface area contributed by atoms with Gasteiger partial charge in [-0.3, -0.25) is 0 Å². The Hall–Kier alpha value is -0.470. The first-order chi connectivity index (χ1) is 5.70. The van der Waals surface area contributed by atoms with Gasteiger partial charge in [-0.25, -0.2) is 0 Å². The first-order valence-electron chi connectivity index (χ1n) is 4.07. The highest BCUT2D eigenvalue weighted by molar-refractivity contribution is 7.80. The highest BCUT2D eigenvalue weighted by Crippen LogP contribution is 2.15. The van der Waals surface area contributed by atoms with Gasteiger partial charge in [0.15, 0.2) is 0 Å². The van der Waals surface area contributed by atoms with Crippen LogP contribution in [-0.4, -0.2) is 7.05 Å². The van der Waals surface area contributed by atoms with Crippen LogP contribution in [0.3, 0.4) is 0 Å². The minimum atomic E-state index is 0.619. The van der Waals surface area contributed by atoms with Gasteiger partial charge in [0.25, 0.3) is 0 Å². The van der Waals surface area contributed by atoms with Gasteiger partial charge in [0.2, 0.25) is 0 Å². The zero-order valence-corrected chi connectivity index (χ0v) is 8.81. The van der Waals surface area contributed by atoms with E-state index in [4.69, 9.17) is 0 Å². The molecule has 0 aliphatic heterocycles. The van der Waals surface area contributed by atoms with Crippen molar-refractivity contribution in [3.8, 4) is 0 Å². The van der Waals surface area contributed by atoms with Crippen LogP contribution in [0.5, 0.6) is 0 Å². The van der Waals surface area contributed by atoms with Crippen molar-refractivity contribution in [1.82, 2.24) is 0 Å². The van der Waals surface area contributed by atoms with E-state index >= 15 is 0 Å². The molecule has 1 nitrogen and oxygen atoms in total. The van der Waals surface area contributed by atoms with Crippen molar-refractivity contribution in [1.29, 1.82) is 0 Å². The second kappa shape index (κ2) is 6.09. The molecular weight excluding hydrogens is 166 g/mol. The lowest BCUT2D eigenvalue weighted by molar-refractivity contribution is 0.865. The molecule has 2 N–H and O–H groups in total. The number of benzene rings is 1. The molecule has 0 aromatic heterocycles. The molecule has 0 radical (unpaired) electrons. The van der Waals surface area contributed by atoms with Crippen LogP contribution in [0.2, 0.25) is 0 Å². The SMILES string of the molecule is CC(C)c1ccc(S)cc1.CN. The standard InChI is InChI=1S/C9H12S.CH5N/c1-7(2)8-3-5-9(10)6-4-8;1-2/h3-7,10H,1-2H3;2H2,1H3. The molecule has 0 aliphatic carbocycles. The van der Waals surface area contributed by atoms with Crippen molar-refractivity contribution in [2.24, 2.45) is 5.73 Å². The van der Waals surface area contributed by atoms with E-state index in [1.54, 1.807) is 0 Å². The minimum Gasteiger partial charge on any atom is -0.333 e. The van der Waals surface area contributed by atoms with Crippen molar-refractivity contribution < 1.29 is 0 Å². The molecule has 0 saturated heterocycles. The lowest BCUT2D eigenvalue weighted by Gasteiger charge is -2.03. The molecule has 0 unspecified atom stereocenters. The fraction of sp³-hybridized carbons (Fsp3) is 0.400. The zero-order valence-electron chi connectivity index (χ0n) is 7.91. The van der Waals surface area contributed by atoms with Gasteiger partial charge in [-0.2, -0.15) is 0 Å². The average Bonchev–Trinajstić information content (AvgIpc) is 2.09. The van der Waals surface area contributed by atoms with Crippen LogP contribution in [0.1, 0.15) is 25.3 Å². The van der Waals surface area contributed by atoms with Crippen LogP contribution in [0, 0.1) is 0 Å². The number of hydrogen-bond acceptors (Lipinski definition) is 2. The Kier molecular flexibility index (Phi) is 5.85. The van der Waals surface area contributed by atoms with Gasteiger partial charge in [0.05, 0.1) is 0 Å². The predicted molar refractivity (Wildman–Crippen MR) is 57.9 cm³/mol. The van der Waals surface area contributed by atoms with E-state index in [0.29, 0.717) is 5.92 Å². The maximum Gasteiger partial charge on any atom is 0.00401 e. The molecule has 0 amide bonds. The summed E-state index contributed by atoms with van der Waals surface area (Å²) < 4.78 is 0. The second-order valence-corrected chi connectivity index (χ2v) is 3.26. The summed E-state index contributed by atoms with van der Waals surface area (Å²) in [6, 6.07) is 8.29. The minimum absolute atomic E-state index is 0.619. The van der Waals surface area contributed by atoms with Crippen molar-refractivity contribution in [3.05, 3.63) is 29.8 Å². The van der Waals surface area contributed by atoms with Crippen LogP contribution < -0.4 is 5.73 Å². The van der Waals surface area contributed by atoms with Crippen molar-refractivity contribution in [2.75, 3.05) is 7.05 Å². The van der Waals surface area contributed by atoms with Gasteiger partial charge in [-0.1, -0.05) is 26.0 Å². The monoisotopic (exact) mass is 183 g/mol. The summed E-state index contributed by atoms with van der Waals surface area (Å²) in [4.78, 5) is 1.03. The van der Waals surface area contributed by atoms with Gasteiger partial charge in [0.1, 0.15) is 0 Å². The Morgan fingerprint density at radius 3 is 1.83 bits per heavy atom. The van der Waals surface area contributed by atoms with Crippen LogP contribution in [0.15, 0.2) is 29.2 Å². The Balaban J connectivity index is 0.000000561. The van der Waals surface area contributed by atoms with E-state index in [1.165, 1.54) is 12.6 Å². The number of nitrogens with two attached hydrogens (primary N) is 1. The van der Waals surface area contributed by atoms with E-state index in [9.17, 15) is 0 Å². The molecule has 0 fully saturated rings. The third-order valence-corrected chi connectivity index (χ3v) is 1.86. The van der Waals surface area contributed by atoms with Gasteiger partial charge in [-0.05, 0) is 30.7 Å². The maximum absolute atomic E-state index is 4.50. The quantitative estimate of drug-likeness (QED) is 0.643. The Bertz CT molecular complexity index is 204. The molecule has 0 bridgehead atoms. The molecular formula is C10H17NS. The molecule has 68 valence electrons. The normalized spacial score (nSPS) is 9.17. The lowest BCUT2D eigenvalue weighted by atomic mass is 10.0. The fourth-order valence-corrected chi connectivity index (χ4v) is 1.01. The van der Waals surface area contributed by atoms with Gasteiger partial charge in [0, 0.05) is 4.90 Å². The van der Waals surface area contributed by atoms with Gasteiger partial charge in [-0.15, -0.1) is 12.6 Å². The van der Waals surface area contributed by atoms with Crippen LogP contribution in [0.25, 0.3) is 0 Å². The fourth-order valence-electron chi connectivity index (χ4n) is 0.859. The highest BCUT2D eigenvalue weighted by Gasteiger charge is 1.95. The molecule has 0 aliphatic rings. The summed E-state index contributed by atoms with van der Waals surface area (Å²) in [6.07, 6.45) is 0. The molecule has 0 atom stereocenters. The van der Waals surface area contributed by atoms with Crippen molar-refractivity contribution >= 4 is 12.6 Å². The topological polar surface area (TPSA) is 26.0 Å². The molecule has 1 aromatic rings. The molecule has 0 spiro atoms.